The molecule has 88 valence electrons. The van der Waals surface area contributed by atoms with Gasteiger partial charge in [-0.05, 0) is 18.8 Å². The average molecular weight is 223 g/mol. The van der Waals surface area contributed by atoms with Crippen LogP contribution < -0.4 is 16.2 Å². The zero-order chi connectivity index (χ0) is 11.5. The second-order valence-electron chi connectivity index (χ2n) is 4.28. The third-order valence-corrected chi connectivity index (χ3v) is 2.93. The highest BCUT2D eigenvalue weighted by Crippen LogP contribution is 2.28. The first-order valence-corrected chi connectivity index (χ1v) is 5.37. The van der Waals surface area contributed by atoms with E-state index in [4.69, 9.17) is 5.84 Å². The van der Waals surface area contributed by atoms with Gasteiger partial charge in [-0.1, -0.05) is 0 Å². The first-order valence-electron chi connectivity index (χ1n) is 5.37. The summed E-state index contributed by atoms with van der Waals surface area (Å²) in [6.45, 7) is 0.901. The molecular formula is C10H17N5O. The maximum Gasteiger partial charge on any atom is 0.145 e. The minimum atomic E-state index is -0.106. The molecule has 0 aromatic carbocycles. The lowest BCUT2D eigenvalue weighted by molar-refractivity contribution is 0.0464. The molecule has 1 aromatic rings. The summed E-state index contributed by atoms with van der Waals surface area (Å²) in [5.74, 6) is 7.28. The molecule has 1 saturated carbocycles. The van der Waals surface area contributed by atoms with Crippen LogP contribution in [0.3, 0.4) is 0 Å². The molecule has 0 bridgehead atoms. The van der Waals surface area contributed by atoms with E-state index < -0.39 is 0 Å². The van der Waals surface area contributed by atoms with Crippen molar-refractivity contribution in [3.8, 4) is 0 Å². The van der Waals surface area contributed by atoms with Crippen LogP contribution in [0.15, 0.2) is 12.4 Å². The maximum absolute atomic E-state index is 9.21. The molecule has 1 aliphatic rings. The van der Waals surface area contributed by atoms with Gasteiger partial charge in [-0.3, -0.25) is 0 Å². The van der Waals surface area contributed by atoms with Crippen molar-refractivity contribution in [3.63, 3.8) is 0 Å². The molecule has 1 aliphatic carbocycles. The zero-order valence-electron chi connectivity index (χ0n) is 9.30. The number of nitrogens with one attached hydrogen (secondary N) is 1. The molecule has 1 fully saturated rings. The van der Waals surface area contributed by atoms with Gasteiger partial charge in [0.25, 0.3) is 0 Å². The lowest BCUT2D eigenvalue weighted by Gasteiger charge is -2.34. The number of hydrogen-bond donors (Lipinski definition) is 3. The van der Waals surface area contributed by atoms with Crippen molar-refractivity contribution in [2.75, 3.05) is 23.9 Å². The largest absolute Gasteiger partial charge is 0.393 e. The highest BCUT2D eigenvalue weighted by Gasteiger charge is 2.28. The van der Waals surface area contributed by atoms with Crippen molar-refractivity contribution >= 4 is 11.6 Å². The van der Waals surface area contributed by atoms with E-state index in [-0.39, 0.29) is 6.10 Å². The predicted molar refractivity (Wildman–Crippen MR) is 61.8 cm³/mol. The molecule has 0 unspecified atom stereocenters. The first kappa shape index (κ1) is 11.1. The second-order valence-corrected chi connectivity index (χ2v) is 4.28. The molecular weight excluding hydrogens is 206 g/mol. The topological polar surface area (TPSA) is 87.3 Å². The Labute approximate surface area is 94.5 Å². The number of nitrogens with two attached hydrogens (primary N) is 1. The Morgan fingerprint density at radius 1 is 1.56 bits per heavy atom. The first-order chi connectivity index (χ1) is 7.69. The molecule has 0 radical (unpaired) electrons. The lowest BCUT2D eigenvalue weighted by atomic mass is 9.82. The van der Waals surface area contributed by atoms with E-state index in [9.17, 15) is 5.11 Å². The molecule has 1 aromatic heterocycles. The molecule has 4 N–H and O–H groups in total. The van der Waals surface area contributed by atoms with E-state index in [1.165, 1.54) is 6.33 Å². The van der Waals surface area contributed by atoms with Crippen molar-refractivity contribution in [2.24, 2.45) is 11.8 Å². The Balaban J connectivity index is 1.94. The average Bonchev–Trinajstić information content (AvgIpc) is 2.27. The fourth-order valence-corrected chi connectivity index (χ4v) is 1.97. The van der Waals surface area contributed by atoms with Gasteiger partial charge in [-0.15, -0.1) is 0 Å². The highest BCUT2D eigenvalue weighted by molar-refractivity contribution is 5.47. The number of hydrogen-bond acceptors (Lipinski definition) is 6. The van der Waals surface area contributed by atoms with Crippen molar-refractivity contribution in [1.29, 1.82) is 0 Å². The summed E-state index contributed by atoms with van der Waals surface area (Å²) in [7, 11) is 1.98. The van der Waals surface area contributed by atoms with Gasteiger partial charge in [-0.2, -0.15) is 0 Å². The van der Waals surface area contributed by atoms with Gasteiger partial charge < -0.3 is 15.4 Å². The van der Waals surface area contributed by atoms with Crippen molar-refractivity contribution < 1.29 is 5.11 Å². The van der Waals surface area contributed by atoms with Gasteiger partial charge in [0.1, 0.15) is 18.0 Å². The molecule has 1 heterocycles. The van der Waals surface area contributed by atoms with E-state index in [2.05, 4.69) is 20.3 Å². The molecule has 0 amide bonds. The van der Waals surface area contributed by atoms with Crippen LogP contribution in [0.1, 0.15) is 12.8 Å². The summed E-state index contributed by atoms with van der Waals surface area (Å²) in [6, 6.07) is 1.80. The van der Waals surface area contributed by atoms with Crippen LogP contribution in [0.5, 0.6) is 0 Å². The van der Waals surface area contributed by atoms with Crippen LogP contribution in [-0.4, -0.2) is 34.8 Å². The fourth-order valence-electron chi connectivity index (χ4n) is 1.97. The molecule has 6 heteroatoms. The Kier molecular flexibility index (Phi) is 3.21. The normalized spacial score (nSPS) is 23.7. The number of aromatic nitrogens is 2. The summed E-state index contributed by atoms with van der Waals surface area (Å²) >= 11 is 0. The summed E-state index contributed by atoms with van der Waals surface area (Å²) in [6.07, 6.45) is 3.15. The van der Waals surface area contributed by atoms with E-state index in [0.717, 1.165) is 25.2 Å². The molecule has 0 atom stereocenters. The van der Waals surface area contributed by atoms with Gasteiger partial charge in [0.05, 0.1) is 6.10 Å². The Morgan fingerprint density at radius 3 is 2.94 bits per heavy atom. The number of anilines is 2. The van der Waals surface area contributed by atoms with Crippen LogP contribution in [-0.2, 0) is 0 Å². The van der Waals surface area contributed by atoms with Crippen molar-refractivity contribution in [2.45, 2.75) is 18.9 Å². The highest BCUT2D eigenvalue weighted by atomic mass is 16.3. The lowest BCUT2D eigenvalue weighted by Crippen LogP contribution is -2.37. The number of aliphatic hydroxyl groups excluding tert-OH is 1. The second kappa shape index (κ2) is 4.63. The van der Waals surface area contributed by atoms with Crippen LogP contribution in [0.4, 0.5) is 11.6 Å². The maximum atomic E-state index is 9.21. The Morgan fingerprint density at radius 2 is 2.31 bits per heavy atom. The fraction of sp³-hybridized carbons (Fsp3) is 0.600. The van der Waals surface area contributed by atoms with Crippen molar-refractivity contribution in [3.05, 3.63) is 12.4 Å². The minimum Gasteiger partial charge on any atom is -0.393 e. The van der Waals surface area contributed by atoms with Gasteiger partial charge in [-0.25, -0.2) is 15.8 Å². The predicted octanol–water partition coefficient (Wildman–Crippen LogP) is -0.0307. The molecule has 0 saturated heterocycles. The smallest absolute Gasteiger partial charge is 0.145 e. The number of nitrogens with zero attached hydrogens (tertiary/aromatic N) is 3. The number of hydrazine groups is 1. The number of nitrogen functional groups attached to an aromatic ring is 1. The van der Waals surface area contributed by atoms with Gasteiger partial charge in [0.2, 0.25) is 0 Å². The summed E-state index contributed by atoms with van der Waals surface area (Å²) < 4.78 is 0. The van der Waals surface area contributed by atoms with E-state index in [0.29, 0.717) is 11.7 Å². The monoisotopic (exact) mass is 223 g/mol. The number of rotatable bonds is 4. The Hall–Kier alpha value is -1.40. The van der Waals surface area contributed by atoms with Gasteiger partial charge >= 0.3 is 0 Å². The minimum absolute atomic E-state index is 0.106. The van der Waals surface area contributed by atoms with Crippen LogP contribution in [0.2, 0.25) is 0 Å². The van der Waals surface area contributed by atoms with Crippen molar-refractivity contribution in [1.82, 2.24) is 9.97 Å². The SMILES string of the molecule is CN(CC1CC(O)C1)c1cc(NN)ncn1. The molecule has 2 rings (SSSR count). The van der Waals surface area contributed by atoms with Gasteiger partial charge in [0.15, 0.2) is 0 Å². The van der Waals surface area contributed by atoms with Crippen LogP contribution >= 0.6 is 0 Å². The third kappa shape index (κ3) is 2.40. The molecule has 0 spiro atoms. The van der Waals surface area contributed by atoms with Crippen LogP contribution in [0, 0.1) is 5.92 Å². The molecule has 0 aliphatic heterocycles. The van der Waals surface area contributed by atoms with E-state index in [1.54, 1.807) is 6.07 Å². The quantitative estimate of drug-likeness (QED) is 0.491. The summed E-state index contributed by atoms with van der Waals surface area (Å²) in [5.41, 5.74) is 2.49. The standard InChI is InChI=1S/C10H17N5O/c1-15(5-7-2-8(16)3-7)10-4-9(14-11)12-6-13-10/h4,6-8,16H,2-3,5,11H2,1H3,(H,12,13,14). The number of aliphatic hydroxyl groups is 1. The zero-order valence-corrected chi connectivity index (χ0v) is 9.30. The third-order valence-electron chi connectivity index (χ3n) is 2.93. The van der Waals surface area contributed by atoms with E-state index >= 15 is 0 Å². The van der Waals surface area contributed by atoms with E-state index in [1.807, 2.05) is 7.05 Å². The Bertz CT molecular complexity index is 353. The van der Waals surface area contributed by atoms with Gasteiger partial charge in [0, 0.05) is 19.7 Å². The summed E-state index contributed by atoms with van der Waals surface area (Å²) in [5, 5.41) is 9.21. The molecule has 16 heavy (non-hydrogen) atoms. The van der Waals surface area contributed by atoms with Crippen LogP contribution in [0.25, 0.3) is 0 Å². The molecule has 6 nitrogen and oxygen atoms in total. The summed E-state index contributed by atoms with van der Waals surface area (Å²) in [4.78, 5) is 10.2.